The molecule has 5 heteroatoms. The van der Waals surface area contributed by atoms with Gasteiger partial charge in [-0.3, -0.25) is 0 Å². The summed E-state index contributed by atoms with van der Waals surface area (Å²) in [7, 11) is -3.25. The molecule has 4 nitrogen and oxygen atoms in total. The number of hydrogen-bond acceptors (Lipinski definition) is 4. The summed E-state index contributed by atoms with van der Waals surface area (Å²) in [6, 6.07) is 10.2. The van der Waals surface area contributed by atoms with Crippen LogP contribution in [0.1, 0.15) is 0 Å². The Morgan fingerprint density at radius 3 is 2.41 bits per heavy atom. The molecule has 0 bridgehead atoms. The summed E-state index contributed by atoms with van der Waals surface area (Å²) < 4.78 is 23.3. The standard InChI is InChI=1S/C12H12N2O2S/c1-17(15,16)11-5-3-2-4-10(11)9-6-7-12(13)14-8-9/h2-8H,1H3,(H2,13,14). The van der Waals surface area contributed by atoms with Crippen LogP contribution in [0.15, 0.2) is 47.5 Å². The topological polar surface area (TPSA) is 73.0 Å². The minimum absolute atomic E-state index is 0.298. The molecule has 0 spiro atoms. The number of nitrogens with two attached hydrogens (primary N) is 1. The first-order chi connectivity index (χ1) is 7.98. The van der Waals surface area contributed by atoms with Gasteiger partial charge in [0.2, 0.25) is 0 Å². The summed E-state index contributed by atoms with van der Waals surface area (Å²) >= 11 is 0. The zero-order valence-electron chi connectivity index (χ0n) is 9.29. The minimum atomic E-state index is -3.25. The molecule has 0 aliphatic rings. The average molecular weight is 248 g/mol. The number of hydrogen-bond donors (Lipinski definition) is 1. The lowest BCUT2D eigenvalue weighted by Crippen LogP contribution is -2.00. The maximum atomic E-state index is 11.6. The third kappa shape index (κ3) is 2.45. The van der Waals surface area contributed by atoms with Gasteiger partial charge in [0, 0.05) is 23.6 Å². The fourth-order valence-corrected chi connectivity index (χ4v) is 2.50. The minimum Gasteiger partial charge on any atom is -0.384 e. The van der Waals surface area contributed by atoms with Crippen molar-refractivity contribution in [1.82, 2.24) is 4.98 Å². The van der Waals surface area contributed by atoms with E-state index in [1.165, 1.54) is 6.26 Å². The van der Waals surface area contributed by atoms with Gasteiger partial charge in [-0.1, -0.05) is 18.2 Å². The van der Waals surface area contributed by atoms with E-state index in [-0.39, 0.29) is 0 Å². The molecule has 1 heterocycles. The van der Waals surface area contributed by atoms with Crippen LogP contribution < -0.4 is 5.73 Å². The Bertz CT molecular complexity index is 634. The van der Waals surface area contributed by atoms with Gasteiger partial charge in [0.05, 0.1) is 4.90 Å². The molecular formula is C12H12N2O2S. The smallest absolute Gasteiger partial charge is 0.176 e. The Balaban J connectivity index is 2.64. The Kier molecular flexibility index (Phi) is 2.85. The van der Waals surface area contributed by atoms with Crippen LogP contribution >= 0.6 is 0 Å². The summed E-state index contributed by atoms with van der Waals surface area (Å²) in [4.78, 5) is 4.26. The molecule has 0 unspecified atom stereocenters. The number of nitrogen functional groups attached to an aromatic ring is 1. The van der Waals surface area contributed by atoms with E-state index in [9.17, 15) is 8.42 Å². The second-order valence-corrected chi connectivity index (χ2v) is 5.72. The summed E-state index contributed by atoms with van der Waals surface area (Å²) in [5.74, 6) is 0.408. The van der Waals surface area contributed by atoms with Gasteiger partial charge in [-0.05, 0) is 18.2 Å². The van der Waals surface area contributed by atoms with Crippen molar-refractivity contribution in [2.75, 3.05) is 12.0 Å². The third-order valence-corrected chi connectivity index (χ3v) is 3.54. The van der Waals surface area contributed by atoms with E-state index in [0.29, 0.717) is 16.3 Å². The second kappa shape index (κ2) is 4.18. The molecule has 0 aliphatic carbocycles. The monoisotopic (exact) mass is 248 g/mol. The van der Waals surface area contributed by atoms with Crippen molar-refractivity contribution in [3.63, 3.8) is 0 Å². The maximum Gasteiger partial charge on any atom is 0.176 e. The summed E-state index contributed by atoms with van der Waals surface area (Å²) in [6.45, 7) is 0. The molecule has 0 aliphatic heterocycles. The zero-order valence-corrected chi connectivity index (χ0v) is 10.1. The van der Waals surface area contributed by atoms with E-state index in [2.05, 4.69) is 4.98 Å². The van der Waals surface area contributed by atoms with Crippen LogP contribution in [0.4, 0.5) is 5.82 Å². The van der Waals surface area contributed by atoms with Gasteiger partial charge in [-0.2, -0.15) is 0 Å². The molecule has 0 radical (unpaired) electrons. The van der Waals surface area contributed by atoms with E-state index in [1.807, 2.05) is 0 Å². The molecule has 2 rings (SSSR count). The van der Waals surface area contributed by atoms with E-state index >= 15 is 0 Å². The van der Waals surface area contributed by atoms with Crippen molar-refractivity contribution in [2.24, 2.45) is 0 Å². The van der Waals surface area contributed by atoms with Gasteiger partial charge in [0.1, 0.15) is 5.82 Å². The largest absolute Gasteiger partial charge is 0.384 e. The lowest BCUT2D eigenvalue weighted by atomic mass is 10.1. The Labute approximate surface area is 100 Å². The van der Waals surface area contributed by atoms with Crippen LogP contribution in [0.5, 0.6) is 0 Å². The lowest BCUT2D eigenvalue weighted by molar-refractivity contribution is 0.602. The third-order valence-electron chi connectivity index (χ3n) is 2.38. The first-order valence-corrected chi connectivity index (χ1v) is 6.88. The Morgan fingerprint density at radius 1 is 1.12 bits per heavy atom. The number of rotatable bonds is 2. The number of sulfone groups is 1. The molecule has 0 saturated heterocycles. The number of aromatic nitrogens is 1. The number of nitrogens with zero attached hydrogens (tertiary/aromatic N) is 1. The summed E-state index contributed by atoms with van der Waals surface area (Å²) in [5, 5.41) is 0. The fourth-order valence-electron chi connectivity index (χ4n) is 1.59. The van der Waals surface area contributed by atoms with Crippen molar-refractivity contribution in [1.29, 1.82) is 0 Å². The van der Waals surface area contributed by atoms with Crippen LogP contribution in [0.3, 0.4) is 0 Å². The van der Waals surface area contributed by atoms with Crippen molar-refractivity contribution in [2.45, 2.75) is 4.90 Å². The lowest BCUT2D eigenvalue weighted by Gasteiger charge is -2.07. The van der Waals surface area contributed by atoms with Crippen LogP contribution in [0, 0.1) is 0 Å². The van der Waals surface area contributed by atoms with E-state index in [4.69, 9.17) is 5.73 Å². The van der Waals surface area contributed by atoms with Crippen molar-refractivity contribution < 1.29 is 8.42 Å². The first kappa shape index (κ1) is 11.6. The SMILES string of the molecule is CS(=O)(=O)c1ccccc1-c1ccc(N)nc1. The van der Waals surface area contributed by atoms with Gasteiger partial charge < -0.3 is 5.73 Å². The number of anilines is 1. The Morgan fingerprint density at radius 2 is 1.82 bits per heavy atom. The van der Waals surface area contributed by atoms with Crippen molar-refractivity contribution in [3.05, 3.63) is 42.6 Å². The van der Waals surface area contributed by atoms with Crippen LogP contribution in [-0.4, -0.2) is 19.7 Å². The fraction of sp³-hybridized carbons (Fsp3) is 0.0833. The quantitative estimate of drug-likeness (QED) is 0.878. The highest BCUT2D eigenvalue weighted by Crippen LogP contribution is 2.26. The molecule has 0 saturated carbocycles. The number of benzene rings is 1. The first-order valence-electron chi connectivity index (χ1n) is 4.99. The molecule has 88 valence electrons. The molecular weight excluding hydrogens is 236 g/mol. The molecule has 2 N–H and O–H groups in total. The highest BCUT2D eigenvalue weighted by Gasteiger charge is 2.13. The molecule has 1 aromatic heterocycles. The molecule has 0 fully saturated rings. The van der Waals surface area contributed by atoms with Crippen molar-refractivity contribution >= 4 is 15.7 Å². The molecule has 17 heavy (non-hydrogen) atoms. The molecule has 0 amide bonds. The van der Waals surface area contributed by atoms with E-state index in [0.717, 1.165) is 5.56 Å². The molecule has 1 aromatic carbocycles. The highest BCUT2D eigenvalue weighted by molar-refractivity contribution is 7.90. The summed E-state index contributed by atoms with van der Waals surface area (Å²) in [6.07, 6.45) is 2.76. The molecule has 2 aromatic rings. The Hall–Kier alpha value is -1.88. The normalized spacial score (nSPS) is 11.4. The van der Waals surface area contributed by atoms with E-state index in [1.54, 1.807) is 42.6 Å². The number of pyridine rings is 1. The second-order valence-electron chi connectivity index (χ2n) is 3.74. The predicted molar refractivity (Wildman–Crippen MR) is 67.2 cm³/mol. The predicted octanol–water partition coefficient (Wildman–Crippen LogP) is 1.73. The highest BCUT2D eigenvalue weighted by atomic mass is 32.2. The molecule has 0 atom stereocenters. The average Bonchev–Trinajstić information content (AvgIpc) is 2.29. The van der Waals surface area contributed by atoms with Gasteiger partial charge in [0.25, 0.3) is 0 Å². The van der Waals surface area contributed by atoms with Gasteiger partial charge >= 0.3 is 0 Å². The maximum absolute atomic E-state index is 11.6. The summed E-state index contributed by atoms with van der Waals surface area (Å²) in [5.41, 5.74) is 6.88. The van der Waals surface area contributed by atoms with Gasteiger partial charge in [-0.15, -0.1) is 0 Å². The zero-order chi connectivity index (χ0) is 12.5. The van der Waals surface area contributed by atoms with Crippen LogP contribution in [-0.2, 0) is 9.84 Å². The van der Waals surface area contributed by atoms with Crippen LogP contribution in [0.25, 0.3) is 11.1 Å². The van der Waals surface area contributed by atoms with E-state index < -0.39 is 9.84 Å². The van der Waals surface area contributed by atoms with Gasteiger partial charge in [-0.25, -0.2) is 13.4 Å². The van der Waals surface area contributed by atoms with Crippen molar-refractivity contribution in [3.8, 4) is 11.1 Å². The van der Waals surface area contributed by atoms with Crippen LogP contribution in [0.2, 0.25) is 0 Å². The van der Waals surface area contributed by atoms with Gasteiger partial charge in [0.15, 0.2) is 9.84 Å².